The summed E-state index contributed by atoms with van der Waals surface area (Å²) < 4.78 is 69.7. The third-order valence-electron chi connectivity index (χ3n) is 7.33. The zero-order valence-electron chi connectivity index (χ0n) is 31.0. The van der Waals surface area contributed by atoms with Gasteiger partial charge in [-0.2, -0.15) is 8.78 Å². The van der Waals surface area contributed by atoms with Crippen LogP contribution in [-0.2, 0) is 12.0 Å². The van der Waals surface area contributed by atoms with Crippen LogP contribution in [0.15, 0.2) is 98.5 Å². The number of benzene rings is 1. The Morgan fingerprint density at radius 2 is 1.70 bits per heavy atom. The molecule has 0 bridgehead atoms. The van der Waals surface area contributed by atoms with E-state index >= 15 is 4.39 Å². The molecule has 1 aromatic heterocycles. The molecule has 282 valence electrons. The molecule has 0 saturated carbocycles. The minimum absolute atomic E-state index is 0.0590. The summed E-state index contributed by atoms with van der Waals surface area (Å²) >= 11 is 6.18. The average molecular weight is 727 g/mol. The Balaban J connectivity index is 0. The van der Waals surface area contributed by atoms with Crippen LogP contribution >= 0.6 is 11.6 Å². The minimum atomic E-state index is -4.32. The Morgan fingerprint density at radius 1 is 1.06 bits per heavy atom. The fourth-order valence-electron chi connectivity index (χ4n) is 5.20. The highest BCUT2D eigenvalue weighted by molar-refractivity contribution is 6.30. The lowest BCUT2D eigenvalue weighted by atomic mass is 9.78. The predicted octanol–water partition coefficient (Wildman–Crippen LogP) is 11.7. The second kappa shape index (κ2) is 27.3. The lowest BCUT2D eigenvalue weighted by Crippen LogP contribution is -2.52. The zero-order valence-corrected chi connectivity index (χ0v) is 31.8. The quantitative estimate of drug-likeness (QED) is 0.0584. The lowest BCUT2D eigenvalue weighted by Gasteiger charge is -2.41. The van der Waals surface area contributed by atoms with Crippen LogP contribution in [0.2, 0.25) is 5.02 Å². The third kappa shape index (κ3) is 17.0. The summed E-state index contributed by atoms with van der Waals surface area (Å²) in [4.78, 5) is 4.60. The molecule has 3 atom stereocenters. The van der Waals surface area contributed by atoms with Gasteiger partial charge in [-0.1, -0.05) is 102 Å². The van der Waals surface area contributed by atoms with Gasteiger partial charge in [-0.25, -0.2) is 13.2 Å². The molecule has 1 heterocycles. The number of rotatable bonds is 19. The van der Waals surface area contributed by atoms with Crippen LogP contribution in [0, 0.1) is 11.7 Å². The number of aromatic nitrogens is 1. The number of pyridine rings is 1. The van der Waals surface area contributed by atoms with Crippen LogP contribution < -0.4 is 16.4 Å². The standard InChI is InChI=1S/C34H43ClF5N3.C2H5N.2C2H6/c1-6-9-11-12-13-17-33(31-16-15-28(35)23-42-31,43-25(5)30(14-8-3)24(4)41-18-10-7-2)27-19-26(20-29(36)21-27)22-34(39,40)32(37)38;1-2-3;2*1-2/h6-7,9,11-12,15-16,19-21,23,25,30,32,41,43H,2,4,8,10,13-14,17-18,22H2,1,3,5H3;2H,1,3H2;2*1-2H3/b9-6-,12-11-;;;/t25?,30?,33-;;;/m0.../s1. The van der Waals surface area contributed by atoms with Crippen molar-refractivity contribution in [2.45, 2.75) is 111 Å². The van der Waals surface area contributed by atoms with E-state index in [1.54, 1.807) is 12.1 Å². The summed E-state index contributed by atoms with van der Waals surface area (Å²) in [5.41, 5.74) is 4.79. The van der Waals surface area contributed by atoms with Crippen LogP contribution in [0.25, 0.3) is 0 Å². The molecule has 0 aliphatic carbocycles. The number of hydrogen-bond acceptors (Lipinski definition) is 4. The van der Waals surface area contributed by atoms with Crippen molar-refractivity contribution in [1.29, 1.82) is 0 Å². The second-order valence-corrected chi connectivity index (χ2v) is 11.4. The highest BCUT2D eigenvalue weighted by Crippen LogP contribution is 2.38. The number of nitrogens with zero attached hydrogens (tertiary/aromatic N) is 1. The molecule has 50 heavy (non-hydrogen) atoms. The first-order chi connectivity index (χ1) is 23.8. The van der Waals surface area contributed by atoms with Gasteiger partial charge in [0.2, 0.25) is 0 Å². The SMILES string of the molecule is C=CCCNC(=C)C(CCC)C(C)N[C@@](CC/C=C\C=C/C)(c1cc(F)cc(CC(F)(F)C(F)F)c1)c1ccc(Cl)cn1.C=CN.CC.CC. The Labute approximate surface area is 303 Å². The molecule has 0 radical (unpaired) electrons. The molecule has 2 aromatic rings. The molecular weight excluding hydrogens is 667 g/mol. The lowest BCUT2D eigenvalue weighted by molar-refractivity contribution is -0.127. The van der Waals surface area contributed by atoms with Crippen molar-refractivity contribution < 1.29 is 22.0 Å². The second-order valence-electron chi connectivity index (χ2n) is 10.9. The molecular formula is C40H60ClF5N4. The number of nitrogens with two attached hydrogens (primary N) is 1. The molecule has 10 heteroatoms. The van der Waals surface area contributed by atoms with Crippen molar-refractivity contribution in [1.82, 2.24) is 15.6 Å². The van der Waals surface area contributed by atoms with Gasteiger partial charge in [0.05, 0.1) is 16.3 Å². The monoisotopic (exact) mass is 726 g/mol. The number of hydrogen-bond donors (Lipinski definition) is 3. The fourth-order valence-corrected chi connectivity index (χ4v) is 5.32. The topological polar surface area (TPSA) is 63.0 Å². The van der Waals surface area contributed by atoms with Crippen LogP contribution in [-0.4, -0.2) is 29.9 Å². The number of alkyl halides is 4. The first-order valence-corrected chi connectivity index (χ1v) is 17.7. The van der Waals surface area contributed by atoms with Crippen molar-refractivity contribution in [3.05, 3.63) is 126 Å². The maximum absolute atomic E-state index is 15.2. The molecule has 0 saturated heterocycles. The summed E-state index contributed by atoms with van der Waals surface area (Å²) in [6, 6.07) is 6.61. The molecule has 0 amide bonds. The summed E-state index contributed by atoms with van der Waals surface area (Å²) in [7, 11) is 0. The van der Waals surface area contributed by atoms with Gasteiger partial charge in [-0.15, -0.1) is 6.58 Å². The number of halogens is 6. The highest BCUT2D eigenvalue weighted by atomic mass is 35.5. The van der Waals surface area contributed by atoms with Gasteiger partial charge in [0.25, 0.3) is 0 Å². The highest BCUT2D eigenvalue weighted by Gasteiger charge is 2.42. The Morgan fingerprint density at radius 3 is 2.22 bits per heavy atom. The summed E-state index contributed by atoms with van der Waals surface area (Å²) in [6.45, 7) is 25.8. The van der Waals surface area contributed by atoms with Gasteiger partial charge >= 0.3 is 12.3 Å². The molecule has 2 unspecified atom stereocenters. The first kappa shape index (κ1) is 48.7. The largest absolute Gasteiger partial charge is 0.405 e. The minimum Gasteiger partial charge on any atom is -0.405 e. The van der Waals surface area contributed by atoms with E-state index in [9.17, 15) is 17.6 Å². The van der Waals surface area contributed by atoms with E-state index < -0.39 is 30.1 Å². The number of allylic oxidation sites excluding steroid dienone is 4. The molecule has 4 nitrogen and oxygen atoms in total. The van der Waals surface area contributed by atoms with Crippen LogP contribution in [0.4, 0.5) is 22.0 Å². The molecule has 0 aliphatic heterocycles. The average Bonchev–Trinajstić information content (AvgIpc) is 3.08. The molecule has 4 N–H and O–H groups in total. The third-order valence-corrected chi connectivity index (χ3v) is 7.55. The Bertz CT molecular complexity index is 1280. The normalized spacial score (nSPS) is 13.5. The zero-order chi connectivity index (χ0) is 38.8. The predicted molar refractivity (Wildman–Crippen MR) is 204 cm³/mol. The van der Waals surface area contributed by atoms with Crippen LogP contribution in [0.3, 0.4) is 0 Å². The molecule has 0 spiro atoms. The smallest absolute Gasteiger partial charge is 0.311 e. The first-order valence-electron chi connectivity index (χ1n) is 17.3. The van der Waals surface area contributed by atoms with E-state index in [1.165, 1.54) is 24.5 Å². The molecule has 0 aliphatic rings. The van der Waals surface area contributed by atoms with E-state index in [-0.39, 0.29) is 17.5 Å². The fraction of sp³-hybridized carbons (Fsp3) is 0.475. The maximum Gasteiger partial charge on any atom is 0.311 e. The van der Waals surface area contributed by atoms with Crippen molar-refractivity contribution in [3.63, 3.8) is 0 Å². The van der Waals surface area contributed by atoms with Crippen molar-refractivity contribution in [2.24, 2.45) is 11.7 Å². The summed E-state index contributed by atoms with van der Waals surface area (Å²) in [5.74, 6) is -5.19. The van der Waals surface area contributed by atoms with Crippen LogP contribution in [0.5, 0.6) is 0 Å². The van der Waals surface area contributed by atoms with E-state index in [4.69, 9.17) is 11.6 Å². The molecule has 1 aromatic carbocycles. The maximum atomic E-state index is 15.2. The number of nitrogens with one attached hydrogen (secondary N) is 2. The van der Waals surface area contributed by atoms with E-state index in [1.807, 2.05) is 71.9 Å². The van der Waals surface area contributed by atoms with Crippen molar-refractivity contribution in [3.8, 4) is 0 Å². The summed E-state index contributed by atoms with van der Waals surface area (Å²) in [5, 5.41) is 7.45. The van der Waals surface area contributed by atoms with Crippen molar-refractivity contribution >= 4 is 11.6 Å². The van der Waals surface area contributed by atoms with E-state index in [0.717, 1.165) is 31.0 Å². The van der Waals surface area contributed by atoms with Gasteiger partial charge in [0, 0.05) is 36.8 Å². The van der Waals surface area contributed by atoms with Crippen LogP contribution in [0.1, 0.15) is 97.4 Å². The van der Waals surface area contributed by atoms with Gasteiger partial charge in [0.1, 0.15) is 5.82 Å². The van der Waals surface area contributed by atoms with Gasteiger partial charge in [-0.05, 0) is 81.1 Å². The molecule has 0 fully saturated rings. The van der Waals surface area contributed by atoms with Gasteiger partial charge in [-0.3, -0.25) is 10.3 Å². The molecule has 2 rings (SSSR count). The van der Waals surface area contributed by atoms with E-state index in [0.29, 0.717) is 35.7 Å². The van der Waals surface area contributed by atoms with Gasteiger partial charge in [0.15, 0.2) is 0 Å². The van der Waals surface area contributed by atoms with E-state index in [2.05, 4.69) is 48.0 Å². The van der Waals surface area contributed by atoms with Crippen molar-refractivity contribution in [2.75, 3.05) is 6.54 Å². The Kier molecular flexibility index (Phi) is 26.6. The van der Waals surface area contributed by atoms with Gasteiger partial charge < -0.3 is 11.1 Å². The Hall–Kier alpha value is -3.43. The summed E-state index contributed by atoms with van der Waals surface area (Å²) in [6.07, 6.45) is 10.2.